The molecule has 22 heavy (non-hydrogen) atoms. The Balaban J connectivity index is 0. The number of carbonyl (C=O) groups is 1. The monoisotopic (exact) mass is 377 g/mol. The van der Waals surface area contributed by atoms with Gasteiger partial charge in [-0.05, 0) is 12.3 Å². The van der Waals surface area contributed by atoms with Crippen LogP contribution in [0.5, 0.6) is 0 Å². The minimum atomic E-state index is -0.173. The number of benzene rings is 1. The topological polar surface area (TPSA) is 40.4 Å². The normalized spacial score (nSPS) is 9.50. The van der Waals surface area contributed by atoms with Crippen molar-refractivity contribution in [3.8, 4) is 0 Å². The molecule has 0 atom stereocenters. The molecule has 0 aliphatic carbocycles. The van der Waals surface area contributed by atoms with Gasteiger partial charge in [0, 0.05) is 6.61 Å². The Morgan fingerprint density at radius 2 is 1.77 bits per heavy atom. The van der Waals surface area contributed by atoms with Crippen LogP contribution in [0.4, 0.5) is 0 Å². The molecule has 1 aromatic rings. The van der Waals surface area contributed by atoms with Crippen LogP contribution in [0, 0.1) is 5.92 Å². The van der Waals surface area contributed by atoms with Crippen molar-refractivity contribution in [2.24, 2.45) is 5.92 Å². The van der Waals surface area contributed by atoms with Crippen LogP contribution in [0.15, 0.2) is 30.3 Å². The van der Waals surface area contributed by atoms with Gasteiger partial charge in [-0.3, -0.25) is 0 Å². The van der Waals surface area contributed by atoms with E-state index in [4.69, 9.17) is 4.74 Å². The van der Waals surface area contributed by atoms with E-state index in [1.165, 1.54) is 6.42 Å². The van der Waals surface area contributed by atoms with Crippen LogP contribution in [0.1, 0.15) is 52.5 Å². The molecule has 0 spiro atoms. The van der Waals surface area contributed by atoms with Crippen LogP contribution in [0.3, 0.4) is 0 Å². The van der Waals surface area contributed by atoms with Crippen LogP contribution < -0.4 is 58.2 Å². The first-order chi connectivity index (χ1) is 10.2. The van der Waals surface area contributed by atoms with Crippen molar-refractivity contribution >= 4 is 5.91 Å². The van der Waals surface area contributed by atoms with Crippen molar-refractivity contribution in [3.63, 3.8) is 0 Å². The summed E-state index contributed by atoms with van der Waals surface area (Å²) >= 11 is 0. The standard InChI is InChI=1S/C16H25NO2.C2H6.Rb/c1-14(2)8-6-7-11-19-13-16(18)17-12-15-9-4-3-5-10-15;1-2;/h3-5,9-10,14H,6-8,11-13H2,1-2H3,(H,17,18);1-2H3;/q;;+1/p-1. The Bertz CT molecular complexity index is 355. The Labute approximate surface area is 185 Å². The zero-order valence-corrected chi connectivity index (χ0v) is 19.9. The van der Waals surface area contributed by atoms with Gasteiger partial charge < -0.3 is 14.8 Å². The van der Waals surface area contributed by atoms with Crippen LogP contribution in [0.25, 0.3) is 5.32 Å². The number of unbranched alkanes of at least 4 members (excludes halogenated alkanes) is 1. The molecule has 1 rings (SSSR count). The van der Waals surface area contributed by atoms with E-state index in [9.17, 15) is 4.79 Å². The van der Waals surface area contributed by atoms with Crippen LogP contribution in [0.2, 0.25) is 0 Å². The maximum absolute atomic E-state index is 11.5. The van der Waals surface area contributed by atoms with Gasteiger partial charge in [-0.1, -0.05) is 76.4 Å². The average Bonchev–Trinajstić information content (AvgIpc) is 2.51. The van der Waals surface area contributed by atoms with Gasteiger partial charge in [-0.2, -0.15) is 0 Å². The molecule has 1 amide bonds. The van der Waals surface area contributed by atoms with Gasteiger partial charge in [-0.25, -0.2) is 0 Å². The Hall–Kier alpha value is 0.455. The summed E-state index contributed by atoms with van der Waals surface area (Å²) in [6, 6.07) is 9.76. The summed E-state index contributed by atoms with van der Waals surface area (Å²) in [4.78, 5) is 11.5. The first-order valence-electron chi connectivity index (χ1n) is 8.00. The summed E-state index contributed by atoms with van der Waals surface area (Å²) < 4.78 is 5.32. The van der Waals surface area contributed by atoms with Gasteiger partial charge in [0.1, 0.15) is 0 Å². The zero-order valence-electron chi connectivity index (χ0n) is 15.0. The smallest absolute Gasteiger partial charge is 0.648 e. The summed E-state index contributed by atoms with van der Waals surface area (Å²) in [6.07, 6.45) is 3.40. The molecule has 120 valence electrons. The Morgan fingerprint density at radius 3 is 2.36 bits per heavy atom. The van der Waals surface area contributed by atoms with E-state index in [0.717, 1.165) is 24.3 Å². The van der Waals surface area contributed by atoms with Crippen LogP contribution in [-0.4, -0.2) is 19.1 Å². The second-order valence-corrected chi connectivity index (χ2v) is 5.14. The average molecular weight is 378 g/mol. The van der Waals surface area contributed by atoms with Crippen molar-refractivity contribution in [2.75, 3.05) is 13.2 Å². The number of ether oxygens (including phenoxy) is 1. The quantitative estimate of drug-likeness (QED) is 0.617. The van der Waals surface area contributed by atoms with Gasteiger partial charge in [0.25, 0.3) is 0 Å². The summed E-state index contributed by atoms with van der Waals surface area (Å²) in [6.45, 7) is 9.63. The minimum Gasteiger partial charge on any atom is -0.648 e. The zero-order chi connectivity index (χ0) is 15.9. The molecule has 3 nitrogen and oxygen atoms in total. The van der Waals surface area contributed by atoms with Crippen LogP contribution in [-0.2, 0) is 16.1 Å². The molecule has 0 heterocycles. The first kappa shape index (κ1) is 24.7. The number of hydrogen-bond donors (Lipinski definition) is 0. The molecule has 0 N–H and O–H groups in total. The third-order valence-electron chi connectivity index (χ3n) is 2.83. The molecular weight excluding hydrogens is 348 g/mol. The Kier molecular flexibility index (Phi) is 20.0. The third kappa shape index (κ3) is 15.4. The molecule has 0 aliphatic heterocycles. The summed E-state index contributed by atoms with van der Waals surface area (Å²) in [7, 11) is 0. The maximum Gasteiger partial charge on any atom is 1.00 e. The predicted molar refractivity (Wildman–Crippen MR) is 89.4 cm³/mol. The van der Waals surface area contributed by atoms with E-state index in [1.54, 1.807) is 0 Å². The molecule has 4 heteroatoms. The fraction of sp³-hybridized carbons (Fsp3) is 0.611. The van der Waals surface area contributed by atoms with Gasteiger partial charge in [0.15, 0.2) is 0 Å². The summed E-state index contributed by atoms with van der Waals surface area (Å²) in [5.74, 6) is 0.565. The van der Waals surface area contributed by atoms with Crippen molar-refractivity contribution in [1.29, 1.82) is 0 Å². The SMILES string of the molecule is CC.CC(C)CCCCOCC(=O)[N-]Cc1ccccc1.[Rb+]. The number of carbonyl (C=O) groups excluding carboxylic acids is 1. The number of amides is 1. The largest absolute Gasteiger partial charge is 1.00 e. The van der Waals surface area contributed by atoms with Crippen molar-refractivity contribution < 1.29 is 67.7 Å². The molecule has 0 radical (unpaired) electrons. The molecule has 0 aromatic heterocycles. The van der Waals surface area contributed by atoms with E-state index in [-0.39, 0.29) is 70.7 Å². The van der Waals surface area contributed by atoms with E-state index < -0.39 is 0 Å². The fourth-order valence-electron chi connectivity index (χ4n) is 1.72. The van der Waals surface area contributed by atoms with E-state index in [1.807, 2.05) is 44.2 Å². The van der Waals surface area contributed by atoms with E-state index in [0.29, 0.717) is 13.2 Å². The molecule has 0 bridgehead atoms. The third-order valence-corrected chi connectivity index (χ3v) is 2.83. The summed E-state index contributed by atoms with van der Waals surface area (Å²) in [5.41, 5.74) is 1.05. The number of hydrogen-bond acceptors (Lipinski definition) is 2. The molecule has 0 saturated carbocycles. The molecule has 1 aromatic carbocycles. The predicted octanol–water partition coefficient (Wildman–Crippen LogP) is 1.96. The molecular formula is C18H30NO2Rb. The van der Waals surface area contributed by atoms with Gasteiger partial charge in [0.2, 0.25) is 0 Å². The van der Waals surface area contributed by atoms with Crippen LogP contribution >= 0.6 is 0 Å². The molecule has 0 fully saturated rings. The second-order valence-electron chi connectivity index (χ2n) is 5.14. The minimum absolute atomic E-state index is 0. The molecule has 0 unspecified atom stereocenters. The second kappa shape index (κ2) is 17.8. The van der Waals surface area contributed by atoms with Crippen molar-refractivity contribution in [1.82, 2.24) is 0 Å². The fourth-order valence-corrected chi connectivity index (χ4v) is 1.72. The van der Waals surface area contributed by atoms with Gasteiger partial charge in [-0.15, -0.1) is 6.54 Å². The maximum atomic E-state index is 11.5. The van der Waals surface area contributed by atoms with Crippen molar-refractivity contribution in [3.05, 3.63) is 41.2 Å². The molecule has 0 aliphatic rings. The molecule has 0 saturated heterocycles. The summed E-state index contributed by atoms with van der Waals surface area (Å²) in [5, 5.41) is 3.98. The van der Waals surface area contributed by atoms with E-state index >= 15 is 0 Å². The van der Waals surface area contributed by atoms with Gasteiger partial charge >= 0.3 is 58.2 Å². The number of nitrogens with zero attached hydrogens (tertiary/aromatic N) is 1. The first-order valence-corrected chi connectivity index (χ1v) is 8.00. The van der Waals surface area contributed by atoms with Crippen molar-refractivity contribution in [2.45, 2.75) is 53.5 Å². The van der Waals surface area contributed by atoms with E-state index in [2.05, 4.69) is 19.2 Å². The number of rotatable bonds is 9. The Morgan fingerprint density at radius 1 is 1.14 bits per heavy atom. The van der Waals surface area contributed by atoms with Gasteiger partial charge in [0.05, 0.1) is 12.5 Å².